The maximum absolute atomic E-state index is 5.41. The standard InChI is InChI=1S/C14H23N3O2/c1-18-10-13-7-15-6-12-9-17(16-14(12)13)8-11-2-4-19-5-3-11/h9,11,13,15H,2-8,10H2,1H3/t13-/m1/s1. The second-order valence-corrected chi connectivity index (χ2v) is 5.60. The summed E-state index contributed by atoms with van der Waals surface area (Å²) in [6.45, 7) is 5.47. The van der Waals surface area contributed by atoms with Crippen LogP contribution in [-0.2, 0) is 22.6 Å². The van der Waals surface area contributed by atoms with Crippen LogP contribution in [0.3, 0.4) is 0 Å². The predicted octanol–water partition coefficient (Wildman–Crippen LogP) is 1.14. The van der Waals surface area contributed by atoms with Crippen molar-refractivity contribution in [3.05, 3.63) is 17.5 Å². The van der Waals surface area contributed by atoms with Gasteiger partial charge in [-0.05, 0) is 18.8 Å². The molecule has 5 heteroatoms. The number of methoxy groups -OCH3 is 1. The molecule has 1 aromatic heterocycles. The van der Waals surface area contributed by atoms with Crippen LogP contribution in [0.15, 0.2) is 6.20 Å². The van der Waals surface area contributed by atoms with E-state index >= 15 is 0 Å². The van der Waals surface area contributed by atoms with Gasteiger partial charge in [-0.1, -0.05) is 0 Å². The lowest BCUT2D eigenvalue weighted by atomic mass is 9.99. The van der Waals surface area contributed by atoms with Crippen molar-refractivity contribution in [2.45, 2.75) is 31.8 Å². The van der Waals surface area contributed by atoms with Gasteiger partial charge >= 0.3 is 0 Å². The summed E-state index contributed by atoms with van der Waals surface area (Å²) in [5.41, 5.74) is 2.56. The first-order valence-electron chi connectivity index (χ1n) is 7.20. The number of nitrogens with one attached hydrogen (secondary N) is 1. The number of ether oxygens (including phenoxy) is 2. The first-order valence-corrected chi connectivity index (χ1v) is 7.20. The van der Waals surface area contributed by atoms with Crippen LogP contribution < -0.4 is 5.32 Å². The molecule has 19 heavy (non-hydrogen) atoms. The normalized spacial score (nSPS) is 24.4. The zero-order valence-corrected chi connectivity index (χ0v) is 11.6. The van der Waals surface area contributed by atoms with Gasteiger partial charge in [-0.2, -0.15) is 5.10 Å². The van der Waals surface area contributed by atoms with Gasteiger partial charge in [0.25, 0.3) is 0 Å². The molecule has 3 heterocycles. The summed E-state index contributed by atoms with van der Waals surface area (Å²) in [5.74, 6) is 1.11. The van der Waals surface area contributed by atoms with Gasteiger partial charge in [0.2, 0.25) is 0 Å². The van der Waals surface area contributed by atoms with Gasteiger partial charge in [0, 0.05) is 57.6 Å². The Kier molecular flexibility index (Phi) is 4.15. The lowest BCUT2D eigenvalue weighted by molar-refractivity contribution is 0.0601. The average Bonchev–Trinajstić information content (AvgIpc) is 2.84. The van der Waals surface area contributed by atoms with Crippen molar-refractivity contribution in [2.75, 3.05) is 33.5 Å². The van der Waals surface area contributed by atoms with Crippen molar-refractivity contribution < 1.29 is 9.47 Å². The van der Waals surface area contributed by atoms with Crippen LogP contribution in [0.1, 0.15) is 30.0 Å². The highest BCUT2D eigenvalue weighted by Crippen LogP contribution is 2.24. The molecule has 3 rings (SSSR count). The van der Waals surface area contributed by atoms with E-state index in [4.69, 9.17) is 14.6 Å². The molecule has 2 aliphatic rings. The lowest BCUT2D eigenvalue weighted by Crippen LogP contribution is -2.30. The van der Waals surface area contributed by atoms with Crippen LogP contribution in [-0.4, -0.2) is 43.3 Å². The zero-order chi connectivity index (χ0) is 13.1. The van der Waals surface area contributed by atoms with Crippen molar-refractivity contribution in [1.29, 1.82) is 0 Å². The molecule has 0 bridgehead atoms. The van der Waals surface area contributed by atoms with E-state index in [-0.39, 0.29) is 0 Å². The Labute approximate surface area is 114 Å². The molecule has 1 aromatic rings. The molecule has 0 saturated carbocycles. The summed E-state index contributed by atoms with van der Waals surface area (Å²) in [6, 6.07) is 0. The molecule has 1 fully saturated rings. The predicted molar refractivity (Wildman–Crippen MR) is 72.1 cm³/mol. The fourth-order valence-electron chi connectivity index (χ4n) is 3.06. The monoisotopic (exact) mass is 265 g/mol. The Balaban J connectivity index is 1.70. The van der Waals surface area contributed by atoms with E-state index in [2.05, 4.69) is 16.2 Å². The highest BCUT2D eigenvalue weighted by atomic mass is 16.5. The molecule has 0 spiro atoms. The largest absolute Gasteiger partial charge is 0.384 e. The molecule has 0 aromatic carbocycles. The molecule has 106 valence electrons. The molecule has 1 N–H and O–H groups in total. The Morgan fingerprint density at radius 1 is 1.47 bits per heavy atom. The molecule has 2 aliphatic heterocycles. The highest BCUT2D eigenvalue weighted by Gasteiger charge is 2.24. The van der Waals surface area contributed by atoms with Crippen molar-refractivity contribution in [1.82, 2.24) is 15.1 Å². The Morgan fingerprint density at radius 3 is 3.11 bits per heavy atom. The van der Waals surface area contributed by atoms with E-state index in [0.717, 1.165) is 52.3 Å². The molecule has 1 saturated heterocycles. The first-order chi connectivity index (χ1) is 9.36. The molecular weight excluding hydrogens is 242 g/mol. The third kappa shape index (κ3) is 2.99. The number of fused-ring (bicyclic) bond motifs is 1. The molecular formula is C14H23N3O2. The summed E-state index contributed by atoms with van der Waals surface area (Å²) in [7, 11) is 1.76. The summed E-state index contributed by atoms with van der Waals surface area (Å²) in [6.07, 6.45) is 4.52. The van der Waals surface area contributed by atoms with E-state index < -0.39 is 0 Å². The van der Waals surface area contributed by atoms with Gasteiger partial charge in [-0.15, -0.1) is 0 Å². The smallest absolute Gasteiger partial charge is 0.0736 e. The van der Waals surface area contributed by atoms with Crippen molar-refractivity contribution in [3.8, 4) is 0 Å². The van der Waals surface area contributed by atoms with E-state index in [1.54, 1.807) is 7.11 Å². The van der Waals surface area contributed by atoms with Crippen LogP contribution in [0.25, 0.3) is 0 Å². The van der Waals surface area contributed by atoms with Crippen LogP contribution >= 0.6 is 0 Å². The third-order valence-electron chi connectivity index (χ3n) is 4.12. The Morgan fingerprint density at radius 2 is 2.32 bits per heavy atom. The fraction of sp³-hybridized carbons (Fsp3) is 0.786. The second-order valence-electron chi connectivity index (χ2n) is 5.60. The van der Waals surface area contributed by atoms with Gasteiger partial charge in [0.15, 0.2) is 0 Å². The first kappa shape index (κ1) is 13.1. The van der Waals surface area contributed by atoms with Crippen LogP contribution in [0.2, 0.25) is 0 Å². The highest BCUT2D eigenvalue weighted by molar-refractivity contribution is 5.24. The van der Waals surface area contributed by atoms with Gasteiger partial charge in [-0.3, -0.25) is 4.68 Å². The third-order valence-corrected chi connectivity index (χ3v) is 4.12. The Hall–Kier alpha value is -0.910. The quantitative estimate of drug-likeness (QED) is 0.887. The van der Waals surface area contributed by atoms with Crippen molar-refractivity contribution in [2.24, 2.45) is 5.92 Å². The summed E-state index contributed by atoms with van der Waals surface area (Å²) in [4.78, 5) is 0. The number of aromatic nitrogens is 2. The van der Waals surface area contributed by atoms with Crippen LogP contribution in [0.5, 0.6) is 0 Å². The number of rotatable bonds is 4. The Bertz CT molecular complexity index is 413. The lowest BCUT2D eigenvalue weighted by Gasteiger charge is -2.22. The average molecular weight is 265 g/mol. The van der Waals surface area contributed by atoms with E-state index in [1.165, 1.54) is 11.3 Å². The minimum absolute atomic E-state index is 0.393. The maximum Gasteiger partial charge on any atom is 0.0736 e. The molecule has 0 unspecified atom stereocenters. The van der Waals surface area contributed by atoms with Crippen LogP contribution in [0, 0.1) is 5.92 Å². The maximum atomic E-state index is 5.41. The fourth-order valence-corrected chi connectivity index (χ4v) is 3.06. The van der Waals surface area contributed by atoms with Crippen molar-refractivity contribution in [3.63, 3.8) is 0 Å². The van der Waals surface area contributed by atoms with Gasteiger partial charge in [-0.25, -0.2) is 0 Å². The number of hydrogen-bond donors (Lipinski definition) is 1. The summed E-state index contributed by atoms with van der Waals surface area (Å²) >= 11 is 0. The number of hydrogen-bond acceptors (Lipinski definition) is 4. The minimum Gasteiger partial charge on any atom is -0.384 e. The molecule has 0 radical (unpaired) electrons. The molecule has 0 amide bonds. The SMILES string of the molecule is COC[C@H]1CNCc2cn(CC3CCOCC3)nc21. The van der Waals surface area contributed by atoms with Gasteiger partial charge in [0.1, 0.15) is 0 Å². The van der Waals surface area contributed by atoms with Crippen molar-refractivity contribution >= 4 is 0 Å². The topological polar surface area (TPSA) is 48.3 Å². The van der Waals surface area contributed by atoms with E-state index in [9.17, 15) is 0 Å². The zero-order valence-electron chi connectivity index (χ0n) is 11.6. The molecule has 5 nitrogen and oxygen atoms in total. The van der Waals surface area contributed by atoms with Gasteiger partial charge < -0.3 is 14.8 Å². The molecule has 1 atom stereocenters. The number of nitrogens with zero attached hydrogens (tertiary/aromatic N) is 2. The summed E-state index contributed by atoms with van der Waals surface area (Å²) in [5, 5.41) is 8.24. The van der Waals surface area contributed by atoms with Crippen LogP contribution in [0.4, 0.5) is 0 Å². The molecule has 0 aliphatic carbocycles. The summed E-state index contributed by atoms with van der Waals surface area (Å²) < 4.78 is 12.8. The minimum atomic E-state index is 0.393. The second kappa shape index (κ2) is 6.03. The van der Waals surface area contributed by atoms with E-state index in [1.807, 2.05) is 0 Å². The van der Waals surface area contributed by atoms with E-state index in [0.29, 0.717) is 11.8 Å². The van der Waals surface area contributed by atoms with Gasteiger partial charge in [0.05, 0.1) is 12.3 Å².